The predicted octanol–water partition coefficient (Wildman–Crippen LogP) is 4.09. The van der Waals surface area contributed by atoms with Crippen molar-refractivity contribution in [2.24, 2.45) is 0 Å². The number of hydrogen-bond donors (Lipinski definition) is 3. The summed E-state index contributed by atoms with van der Waals surface area (Å²) in [6.45, 7) is 0.422. The Hall–Kier alpha value is -3.63. The van der Waals surface area contributed by atoms with E-state index in [2.05, 4.69) is 22.0 Å². The number of nitrogens with one attached hydrogen (secondary N) is 3. The largest absolute Gasteiger partial charge is 0.376 e. The summed E-state index contributed by atoms with van der Waals surface area (Å²) in [5.74, 6) is -0.468. The second-order valence-corrected chi connectivity index (χ2v) is 8.39. The Morgan fingerprint density at radius 1 is 1.03 bits per heavy atom. The van der Waals surface area contributed by atoms with Crippen LogP contribution >= 0.6 is 11.3 Å². The molecule has 0 spiro atoms. The first kappa shape index (κ1) is 20.6. The fraction of sp³-hybridized carbons (Fsp3) is 0.208. The van der Waals surface area contributed by atoms with Crippen LogP contribution in [-0.2, 0) is 24.2 Å². The lowest BCUT2D eigenvalue weighted by Crippen LogP contribution is -2.26. The molecule has 7 heteroatoms. The molecule has 2 aromatic carbocycles. The summed E-state index contributed by atoms with van der Waals surface area (Å²) in [6, 6.07) is 19.0. The van der Waals surface area contributed by atoms with Crippen molar-refractivity contribution in [3.63, 3.8) is 0 Å². The number of amides is 2. The number of rotatable bonds is 7. The van der Waals surface area contributed by atoms with Crippen LogP contribution in [0.15, 0.2) is 54.6 Å². The number of nitrogens with zero attached hydrogens (tertiary/aromatic N) is 1. The third kappa shape index (κ3) is 4.76. The van der Waals surface area contributed by atoms with E-state index in [1.54, 1.807) is 18.2 Å². The Morgan fingerprint density at radius 2 is 1.81 bits per heavy atom. The normalized spacial score (nSPS) is 12.0. The van der Waals surface area contributed by atoms with Gasteiger partial charge in [-0.05, 0) is 42.5 Å². The molecule has 31 heavy (non-hydrogen) atoms. The molecule has 0 atom stereocenters. The van der Waals surface area contributed by atoms with Crippen molar-refractivity contribution in [2.45, 2.75) is 25.8 Å². The maximum Gasteiger partial charge on any atom is 0.253 e. The number of hydrogen-bond acceptors (Lipinski definition) is 5. The highest BCUT2D eigenvalue weighted by atomic mass is 32.1. The van der Waals surface area contributed by atoms with E-state index >= 15 is 0 Å². The van der Waals surface area contributed by atoms with E-state index in [1.165, 1.54) is 16.2 Å². The average Bonchev–Trinajstić information content (AvgIpc) is 3.37. The van der Waals surface area contributed by atoms with Crippen molar-refractivity contribution >= 4 is 33.8 Å². The summed E-state index contributed by atoms with van der Waals surface area (Å²) in [5.41, 5.74) is 3.73. The molecule has 0 saturated heterocycles. The Bertz CT molecular complexity index is 1150. The van der Waals surface area contributed by atoms with Gasteiger partial charge in [0, 0.05) is 17.1 Å². The number of aryl methyl sites for hydroxylation is 1. The van der Waals surface area contributed by atoms with Crippen LogP contribution in [0.2, 0.25) is 0 Å². The number of thiophene rings is 1. The summed E-state index contributed by atoms with van der Waals surface area (Å²) in [5, 5.41) is 18.9. The summed E-state index contributed by atoms with van der Waals surface area (Å²) >= 11 is 1.49. The Morgan fingerprint density at radius 3 is 2.61 bits per heavy atom. The zero-order valence-corrected chi connectivity index (χ0v) is 17.7. The molecule has 1 aromatic heterocycles. The van der Waals surface area contributed by atoms with Gasteiger partial charge in [-0.3, -0.25) is 9.59 Å². The first-order chi connectivity index (χ1) is 15.2. The van der Waals surface area contributed by atoms with Crippen LogP contribution in [0.1, 0.15) is 38.3 Å². The molecular formula is C24H22N4O2S. The Kier molecular flexibility index (Phi) is 6.29. The van der Waals surface area contributed by atoms with Crippen molar-refractivity contribution in [1.82, 2.24) is 5.32 Å². The summed E-state index contributed by atoms with van der Waals surface area (Å²) in [6.07, 6.45) is 2.93. The Labute approximate surface area is 184 Å². The molecule has 3 N–H and O–H groups in total. The van der Waals surface area contributed by atoms with E-state index in [1.807, 2.05) is 36.4 Å². The number of nitriles is 1. The summed E-state index contributed by atoms with van der Waals surface area (Å²) in [4.78, 5) is 26.3. The monoisotopic (exact) mass is 430 g/mol. The minimum absolute atomic E-state index is 0.00356. The van der Waals surface area contributed by atoms with E-state index in [9.17, 15) is 14.9 Å². The van der Waals surface area contributed by atoms with E-state index in [0.717, 1.165) is 30.4 Å². The van der Waals surface area contributed by atoms with Crippen LogP contribution < -0.4 is 16.0 Å². The topological polar surface area (TPSA) is 94.0 Å². The number of fused-ring (bicyclic) bond motifs is 1. The number of carbonyl (C=O) groups excluding carboxylic acids is 2. The smallest absolute Gasteiger partial charge is 0.253 e. The van der Waals surface area contributed by atoms with Gasteiger partial charge >= 0.3 is 0 Å². The number of para-hydroxylation sites is 1. The van der Waals surface area contributed by atoms with E-state index in [4.69, 9.17) is 0 Å². The predicted molar refractivity (Wildman–Crippen MR) is 122 cm³/mol. The van der Waals surface area contributed by atoms with Gasteiger partial charge in [0.05, 0.1) is 17.7 Å². The zero-order valence-electron chi connectivity index (χ0n) is 16.9. The molecule has 1 heterocycles. The van der Waals surface area contributed by atoms with Crippen LogP contribution in [0, 0.1) is 11.3 Å². The third-order valence-electron chi connectivity index (χ3n) is 5.19. The van der Waals surface area contributed by atoms with E-state index in [0.29, 0.717) is 28.4 Å². The van der Waals surface area contributed by atoms with Gasteiger partial charge in [-0.1, -0.05) is 42.5 Å². The van der Waals surface area contributed by atoms with Crippen molar-refractivity contribution < 1.29 is 9.59 Å². The van der Waals surface area contributed by atoms with Crippen molar-refractivity contribution in [3.8, 4) is 6.07 Å². The summed E-state index contributed by atoms with van der Waals surface area (Å²) in [7, 11) is 0. The third-order valence-corrected chi connectivity index (χ3v) is 6.40. The molecule has 2 amide bonds. The number of anilines is 2. The fourth-order valence-electron chi connectivity index (χ4n) is 3.67. The van der Waals surface area contributed by atoms with Gasteiger partial charge in [0.25, 0.3) is 5.91 Å². The molecule has 0 aliphatic heterocycles. The van der Waals surface area contributed by atoms with E-state index in [-0.39, 0.29) is 18.4 Å². The van der Waals surface area contributed by atoms with Gasteiger partial charge in [0.2, 0.25) is 5.91 Å². The van der Waals surface area contributed by atoms with Crippen molar-refractivity contribution in [3.05, 3.63) is 81.7 Å². The van der Waals surface area contributed by atoms with Crippen molar-refractivity contribution in [2.75, 3.05) is 17.2 Å². The van der Waals surface area contributed by atoms with Gasteiger partial charge in [-0.25, -0.2) is 0 Å². The quantitative estimate of drug-likeness (QED) is 0.526. The first-order valence-corrected chi connectivity index (χ1v) is 11.0. The van der Waals surface area contributed by atoms with Crippen LogP contribution in [0.4, 0.5) is 10.7 Å². The molecule has 6 nitrogen and oxygen atoms in total. The minimum atomic E-state index is -0.254. The van der Waals surface area contributed by atoms with Gasteiger partial charge < -0.3 is 16.0 Å². The molecule has 0 saturated carbocycles. The fourth-order valence-corrected chi connectivity index (χ4v) is 4.92. The second-order valence-electron chi connectivity index (χ2n) is 7.29. The van der Waals surface area contributed by atoms with Crippen LogP contribution in [0.5, 0.6) is 0 Å². The lowest BCUT2D eigenvalue weighted by Gasteiger charge is -2.12. The number of benzene rings is 2. The zero-order chi connectivity index (χ0) is 21.6. The van der Waals surface area contributed by atoms with Gasteiger partial charge in [0.1, 0.15) is 11.1 Å². The lowest BCUT2D eigenvalue weighted by molar-refractivity contribution is -0.114. The molecule has 4 rings (SSSR count). The van der Waals surface area contributed by atoms with E-state index < -0.39 is 0 Å². The SMILES string of the molecule is N#Cc1c(NC(=O)CNc2ccccc2C(=O)NCc2ccccc2)sc2c1CCC2. The molecule has 156 valence electrons. The minimum Gasteiger partial charge on any atom is -0.376 e. The first-order valence-electron chi connectivity index (χ1n) is 10.1. The van der Waals surface area contributed by atoms with Gasteiger partial charge in [-0.2, -0.15) is 5.26 Å². The highest BCUT2D eigenvalue weighted by Crippen LogP contribution is 2.38. The maximum atomic E-state index is 12.7. The number of carbonyl (C=O) groups is 2. The maximum absolute atomic E-state index is 12.7. The molecule has 1 aliphatic rings. The highest BCUT2D eigenvalue weighted by molar-refractivity contribution is 7.16. The molecule has 0 bridgehead atoms. The lowest BCUT2D eigenvalue weighted by atomic mass is 10.1. The molecule has 0 radical (unpaired) electrons. The molecular weight excluding hydrogens is 408 g/mol. The Balaban J connectivity index is 1.37. The van der Waals surface area contributed by atoms with Crippen LogP contribution in [0.25, 0.3) is 0 Å². The van der Waals surface area contributed by atoms with Crippen LogP contribution in [0.3, 0.4) is 0 Å². The van der Waals surface area contributed by atoms with Crippen LogP contribution in [-0.4, -0.2) is 18.4 Å². The van der Waals surface area contributed by atoms with Gasteiger partial charge in [0.15, 0.2) is 0 Å². The molecule has 0 fully saturated rings. The second kappa shape index (κ2) is 9.45. The summed E-state index contributed by atoms with van der Waals surface area (Å²) < 4.78 is 0. The standard InChI is InChI=1S/C24H22N4O2S/c25-13-19-17-10-6-12-21(17)31-24(19)28-22(29)15-26-20-11-5-4-9-18(20)23(30)27-14-16-7-2-1-3-8-16/h1-5,7-9,11,26H,6,10,12,14-15H2,(H,27,30)(H,28,29). The molecule has 1 aliphatic carbocycles. The van der Waals surface area contributed by atoms with Gasteiger partial charge in [-0.15, -0.1) is 11.3 Å². The molecule has 0 unspecified atom stereocenters. The molecule has 3 aromatic rings. The average molecular weight is 431 g/mol. The highest BCUT2D eigenvalue weighted by Gasteiger charge is 2.23. The van der Waals surface area contributed by atoms with Crippen molar-refractivity contribution in [1.29, 1.82) is 5.26 Å².